The number of methoxy groups -OCH3 is 3. The molecular formula is C31H47LiO7P+. The van der Waals surface area contributed by atoms with E-state index in [1.54, 1.807) is 19.2 Å². The summed E-state index contributed by atoms with van der Waals surface area (Å²) in [4.78, 5) is 13.8. The van der Waals surface area contributed by atoms with Crippen LogP contribution in [0.1, 0.15) is 71.2 Å². The summed E-state index contributed by atoms with van der Waals surface area (Å²) in [6.45, 7) is 14.6. The molecule has 0 saturated heterocycles. The van der Waals surface area contributed by atoms with Crippen LogP contribution in [0.15, 0.2) is 24.3 Å². The third-order valence-corrected chi connectivity index (χ3v) is 7.31. The van der Waals surface area contributed by atoms with Crippen molar-refractivity contribution >= 4 is 19.4 Å². The summed E-state index contributed by atoms with van der Waals surface area (Å²) in [6.07, 6.45) is 2.71. The van der Waals surface area contributed by atoms with Crippen LogP contribution in [-0.4, -0.2) is 46.7 Å². The van der Waals surface area contributed by atoms with Gasteiger partial charge in [-0.3, -0.25) is 4.79 Å². The first kappa shape index (κ1) is 36.0. The zero-order valence-corrected chi connectivity index (χ0v) is 27.1. The van der Waals surface area contributed by atoms with E-state index in [0.29, 0.717) is 82.9 Å². The fourth-order valence-corrected chi connectivity index (χ4v) is 4.76. The Morgan fingerprint density at radius 1 is 0.625 bits per heavy atom. The topological polar surface area (TPSA) is 72.5 Å². The van der Waals surface area contributed by atoms with E-state index in [1.165, 1.54) is 14.2 Å². The van der Waals surface area contributed by atoms with Gasteiger partial charge in [0.2, 0.25) is 0 Å². The van der Waals surface area contributed by atoms with Crippen LogP contribution in [0.3, 0.4) is 0 Å². The van der Waals surface area contributed by atoms with E-state index >= 15 is 0 Å². The molecule has 2 aromatic carbocycles. The predicted molar refractivity (Wildman–Crippen MR) is 160 cm³/mol. The van der Waals surface area contributed by atoms with Gasteiger partial charge in [0.05, 0.1) is 46.5 Å². The summed E-state index contributed by atoms with van der Waals surface area (Å²) in [5.41, 5.74) is 0.208. The molecule has 0 saturated carbocycles. The predicted octanol–water partition coefficient (Wildman–Crippen LogP) is 4.14. The fourth-order valence-electron chi connectivity index (χ4n) is 3.63. The molecule has 9 heteroatoms. The van der Waals surface area contributed by atoms with Crippen molar-refractivity contribution in [3.63, 3.8) is 0 Å². The molecule has 0 fully saturated rings. The molecule has 218 valence electrons. The second-order valence-corrected chi connectivity index (χ2v) is 12.0. The van der Waals surface area contributed by atoms with Crippen LogP contribution in [0.4, 0.5) is 0 Å². The maximum atomic E-state index is 13.8. The van der Waals surface area contributed by atoms with Crippen LogP contribution in [0.2, 0.25) is 0 Å². The van der Waals surface area contributed by atoms with Crippen LogP contribution in [0, 0.1) is 17.8 Å². The van der Waals surface area contributed by atoms with Crippen LogP contribution >= 0.6 is 8.58 Å². The Morgan fingerprint density at radius 2 is 1.02 bits per heavy atom. The average molecular weight is 570 g/mol. The molecular weight excluding hydrogens is 522 g/mol. The first-order valence-corrected chi connectivity index (χ1v) is 14.8. The zero-order valence-electron chi connectivity index (χ0n) is 26.1. The third kappa shape index (κ3) is 11.4. The molecule has 0 aliphatic carbocycles. The van der Waals surface area contributed by atoms with Crippen molar-refractivity contribution in [1.29, 1.82) is 0 Å². The van der Waals surface area contributed by atoms with Gasteiger partial charge in [-0.05, 0) is 45.6 Å². The van der Waals surface area contributed by atoms with Gasteiger partial charge in [0.15, 0.2) is 5.52 Å². The monoisotopic (exact) mass is 569 g/mol. The molecule has 0 aliphatic heterocycles. The van der Waals surface area contributed by atoms with Gasteiger partial charge in [-0.1, -0.05) is 41.5 Å². The van der Waals surface area contributed by atoms with Crippen molar-refractivity contribution in [2.24, 2.45) is 17.8 Å². The van der Waals surface area contributed by atoms with E-state index < -0.39 is 0 Å². The van der Waals surface area contributed by atoms with Crippen molar-refractivity contribution in [2.45, 2.75) is 60.8 Å². The SMILES string of the molecule is COc1cc(OC)c(C(=O)Pc2c(OCCC(C)C)cc(OCCC(C)C)cc2OCCC(C)C)c(OC)c1.[Li+]. The summed E-state index contributed by atoms with van der Waals surface area (Å²) in [6, 6.07) is 7.14. The summed E-state index contributed by atoms with van der Waals surface area (Å²) in [7, 11) is 4.32. The molecule has 7 nitrogen and oxygen atoms in total. The quantitative estimate of drug-likeness (QED) is 0.198. The van der Waals surface area contributed by atoms with Gasteiger partial charge in [0.1, 0.15) is 40.1 Å². The Morgan fingerprint density at radius 3 is 1.40 bits per heavy atom. The van der Waals surface area contributed by atoms with Gasteiger partial charge in [0, 0.05) is 24.3 Å². The molecule has 0 N–H and O–H groups in total. The summed E-state index contributed by atoms with van der Waals surface area (Å²) in [5, 5.41) is 0.712. The zero-order chi connectivity index (χ0) is 28.9. The summed E-state index contributed by atoms with van der Waals surface area (Å²) >= 11 is 0. The number of carbonyl (C=O) groups is 1. The molecule has 2 aromatic rings. The molecule has 0 radical (unpaired) electrons. The van der Waals surface area contributed by atoms with Gasteiger partial charge < -0.3 is 28.4 Å². The van der Waals surface area contributed by atoms with Crippen molar-refractivity contribution in [3.8, 4) is 34.5 Å². The number of rotatable bonds is 18. The van der Waals surface area contributed by atoms with Crippen LogP contribution in [-0.2, 0) is 0 Å². The molecule has 1 atom stereocenters. The fraction of sp³-hybridized carbons (Fsp3) is 0.581. The minimum absolute atomic E-state index is 0. The molecule has 0 bridgehead atoms. The van der Waals surface area contributed by atoms with Crippen molar-refractivity contribution in [2.75, 3.05) is 41.2 Å². The van der Waals surface area contributed by atoms with Gasteiger partial charge in [-0.25, -0.2) is 0 Å². The maximum absolute atomic E-state index is 13.8. The minimum Gasteiger partial charge on any atom is -0.496 e. The van der Waals surface area contributed by atoms with E-state index in [2.05, 4.69) is 41.5 Å². The molecule has 40 heavy (non-hydrogen) atoms. The van der Waals surface area contributed by atoms with E-state index in [-0.39, 0.29) is 33.0 Å². The van der Waals surface area contributed by atoms with Crippen molar-refractivity contribution in [3.05, 3.63) is 29.8 Å². The number of hydrogen-bond donors (Lipinski definition) is 0. The van der Waals surface area contributed by atoms with Crippen molar-refractivity contribution < 1.29 is 52.1 Å². The standard InChI is InChI=1S/C31H47O7P.Li/c1-20(2)10-13-36-24-18-27(37-14-11-21(3)4)30(28(19-24)38-15-12-22(5)6)39-31(32)29-25(34-8)16-23(33-7)17-26(29)35-9;/h16-22,39H,10-15H2,1-9H3;/q;+1. The first-order valence-electron chi connectivity index (χ1n) is 13.8. The molecule has 0 heterocycles. The number of carbonyl (C=O) groups excluding carboxylic acids is 1. The van der Waals surface area contributed by atoms with E-state index in [0.717, 1.165) is 19.3 Å². The number of hydrogen-bond acceptors (Lipinski definition) is 7. The Bertz CT molecular complexity index is 996. The van der Waals surface area contributed by atoms with E-state index in [1.807, 2.05) is 12.1 Å². The second kappa shape index (κ2) is 18.4. The normalized spacial score (nSPS) is 11.2. The first-order chi connectivity index (χ1) is 18.6. The second-order valence-electron chi connectivity index (χ2n) is 10.7. The van der Waals surface area contributed by atoms with Crippen LogP contribution < -0.4 is 52.6 Å². The van der Waals surface area contributed by atoms with Gasteiger partial charge >= 0.3 is 18.9 Å². The average Bonchev–Trinajstić information content (AvgIpc) is 2.88. The summed E-state index contributed by atoms with van der Waals surface area (Å²) < 4.78 is 35.1. The molecule has 2 rings (SSSR count). The van der Waals surface area contributed by atoms with Gasteiger partial charge in [-0.15, -0.1) is 0 Å². The van der Waals surface area contributed by atoms with Crippen LogP contribution in [0.25, 0.3) is 0 Å². The molecule has 0 spiro atoms. The van der Waals surface area contributed by atoms with Crippen LogP contribution in [0.5, 0.6) is 34.5 Å². The number of benzene rings is 2. The third-order valence-electron chi connectivity index (χ3n) is 6.09. The Kier molecular flexibility index (Phi) is 16.5. The largest absolute Gasteiger partial charge is 1.00 e. The Labute approximate surface area is 254 Å². The summed E-state index contributed by atoms with van der Waals surface area (Å²) in [5.74, 6) is 4.71. The van der Waals surface area contributed by atoms with Crippen molar-refractivity contribution in [1.82, 2.24) is 0 Å². The molecule has 1 unspecified atom stereocenters. The number of ether oxygens (including phenoxy) is 6. The molecule has 0 aromatic heterocycles. The Balaban J connectivity index is 0.00000800. The Hall–Kier alpha value is -2.06. The van der Waals surface area contributed by atoms with Gasteiger partial charge in [0.25, 0.3) is 0 Å². The molecule has 0 aliphatic rings. The maximum Gasteiger partial charge on any atom is 1.00 e. The molecule has 0 amide bonds. The smallest absolute Gasteiger partial charge is 0.496 e. The van der Waals surface area contributed by atoms with E-state index in [4.69, 9.17) is 28.4 Å². The van der Waals surface area contributed by atoms with E-state index in [9.17, 15) is 4.79 Å². The minimum atomic E-state index is -0.289. The van der Waals surface area contributed by atoms with Gasteiger partial charge in [-0.2, -0.15) is 0 Å².